The van der Waals surface area contributed by atoms with E-state index in [1.165, 1.54) is 17.7 Å². The first-order valence-electron chi connectivity index (χ1n) is 24.1. The molecule has 65 heavy (non-hydrogen) atoms. The molecule has 8 rings (SSSR count). The zero-order valence-electron chi connectivity index (χ0n) is 38.1. The van der Waals surface area contributed by atoms with E-state index >= 15 is 4.79 Å². The summed E-state index contributed by atoms with van der Waals surface area (Å²) in [5.41, 5.74) is 3.77. The maximum Gasteiger partial charge on any atom is 0.239 e. The molecule has 5 aliphatic rings. The van der Waals surface area contributed by atoms with Crippen LogP contribution in [-0.2, 0) is 20.9 Å². The third kappa shape index (κ3) is 10.9. The number of allylic oxidation sites excluding steroid dienone is 1. The van der Waals surface area contributed by atoms with Gasteiger partial charge in [-0.15, -0.1) is 18.3 Å². The minimum absolute atomic E-state index is 0.0459. The summed E-state index contributed by atoms with van der Waals surface area (Å²) in [4.78, 5) is 24.4. The Hall–Kier alpha value is -4.49. The summed E-state index contributed by atoms with van der Waals surface area (Å²) in [6, 6.07) is 21.8. The first-order chi connectivity index (χ1) is 32.0. The Morgan fingerprint density at radius 3 is 2.52 bits per heavy atom. The molecule has 2 aliphatic heterocycles. The van der Waals surface area contributed by atoms with Gasteiger partial charge in [0.1, 0.15) is 24.1 Å². The standard InChI is InChI=1S/C53H68N2O9S/c1-3-28-62-53-49(55(50(58)25-21-37-14-8-9-15-37)35-38-20-23-47-48(31-38)61-36-60-47)34-45(54-63-4-2)43-32-39(16-10-12-26-56)42(19-11-13-27-57)51(52(43)53)44-33-40(22-24-46(44)64-53)59-29-30-65-41-17-6-5-7-18-41/h3,5-7,17-18,20,22-24,31-33,37,39,42,49,51-52,56-57H,1,4,8-16,19,21,25-30,34-36H2,2H3. The highest BCUT2D eigenvalue weighted by Gasteiger charge is 2.65. The smallest absolute Gasteiger partial charge is 0.239 e. The number of hydrogen-bond acceptors (Lipinski definition) is 11. The number of benzene rings is 3. The van der Waals surface area contributed by atoms with E-state index in [1.807, 2.05) is 48.2 Å². The number of carbonyl (C=O) groups is 1. The number of hydrogen-bond donors (Lipinski definition) is 2. The van der Waals surface area contributed by atoms with Gasteiger partial charge in [-0.2, -0.15) is 0 Å². The second-order valence-corrected chi connectivity index (χ2v) is 19.3. The van der Waals surface area contributed by atoms with Gasteiger partial charge in [-0.3, -0.25) is 4.79 Å². The van der Waals surface area contributed by atoms with Crippen LogP contribution in [0.3, 0.4) is 0 Å². The van der Waals surface area contributed by atoms with Gasteiger partial charge >= 0.3 is 0 Å². The lowest BCUT2D eigenvalue weighted by molar-refractivity contribution is -0.258. The van der Waals surface area contributed by atoms with Crippen LogP contribution in [0.25, 0.3) is 0 Å². The molecular weight excluding hydrogens is 841 g/mol. The fraction of sp³-hybridized carbons (Fsp3) is 0.547. The molecule has 2 heterocycles. The first-order valence-corrected chi connectivity index (χ1v) is 25.1. The van der Waals surface area contributed by atoms with Crippen LogP contribution >= 0.6 is 11.8 Å². The number of fused-ring (bicyclic) bond motifs is 3. The molecule has 0 spiro atoms. The summed E-state index contributed by atoms with van der Waals surface area (Å²) in [7, 11) is 0. The van der Waals surface area contributed by atoms with E-state index in [-0.39, 0.29) is 50.3 Å². The molecule has 0 radical (unpaired) electrons. The van der Waals surface area contributed by atoms with Crippen molar-refractivity contribution in [3.05, 3.63) is 102 Å². The molecule has 350 valence electrons. The zero-order chi connectivity index (χ0) is 45.0. The zero-order valence-corrected chi connectivity index (χ0v) is 38.9. The molecule has 0 saturated heterocycles. The fourth-order valence-electron chi connectivity index (χ4n) is 11.1. The van der Waals surface area contributed by atoms with Crippen LogP contribution in [0.2, 0.25) is 0 Å². The Morgan fingerprint density at radius 2 is 1.74 bits per heavy atom. The number of carbonyl (C=O) groups excluding carboxylic acids is 1. The molecular formula is C53H68N2O9S. The third-order valence-corrected chi connectivity index (χ3v) is 15.0. The number of rotatable bonds is 24. The number of amides is 1. The van der Waals surface area contributed by atoms with E-state index in [4.69, 9.17) is 33.7 Å². The number of unbranched alkanes of at least 4 members (excludes halogenated alkanes) is 2. The van der Waals surface area contributed by atoms with Gasteiger partial charge in [-0.05, 0) is 110 Å². The average Bonchev–Trinajstić information content (AvgIpc) is 4.04. The molecule has 2 N–H and O–H groups in total. The minimum atomic E-state index is -1.34. The molecule has 3 aromatic carbocycles. The molecule has 11 nitrogen and oxygen atoms in total. The summed E-state index contributed by atoms with van der Waals surface area (Å²) < 4.78 is 32.8. The molecule has 2 saturated carbocycles. The maximum atomic E-state index is 15.2. The van der Waals surface area contributed by atoms with Gasteiger partial charge in [0.2, 0.25) is 18.5 Å². The Balaban J connectivity index is 1.26. The van der Waals surface area contributed by atoms with Gasteiger partial charge in [-0.1, -0.05) is 80.1 Å². The lowest BCUT2D eigenvalue weighted by atomic mass is 9.55. The van der Waals surface area contributed by atoms with Crippen molar-refractivity contribution in [2.24, 2.45) is 28.8 Å². The van der Waals surface area contributed by atoms with Gasteiger partial charge < -0.3 is 43.6 Å². The lowest BCUT2D eigenvalue weighted by Gasteiger charge is -2.60. The number of aliphatic hydroxyl groups is 2. The van der Waals surface area contributed by atoms with E-state index in [1.54, 1.807) is 17.8 Å². The Bertz CT molecular complexity index is 2110. The van der Waals surface area contributed by atoms with E-state index in [0.717, 1.165) is 78.9 Å². The van der Waals surface area contributed by atoms with Crippen molar-refractivity contribution in [3.8, 4) is 23.0 Å². The van der Waals surface area contributed by atoms with Crippen LogP contribution in [0, 0.1) is 23.7 Å². The van der Waals surface area contributed by atoms with Crippen molar-refractivity contribution in [2.75, 3.05) is 45.6 Å². The van der Waals surface area contributed by atoms with Gasteiger partial charge in [0.25, 0.3) is 0 Å². The highest BCUT2D eigenvalue weighted by Crippen LogP contribution is 2.62. The van der Waals surface area contributed by atoms with Crippen molar-refractivity contribution in [3.63, 3.8) is 0 Å². The monoisotopic (exact) mass is 908 g/mol. The number of thioether (sulfide) groups is 1. The number of oxime groups is 1. The Morgan fingerprint density at radius 1 is 0.954 bits per heavy atom. The third-order valence-electron chi connectivity index (χ3n) is 14.0. The van der Waals surface area contributed by atoms with Crippen LogP contribution in [-0.4, -0.2) is 84.1 Å². The van der Waals surface area contributed by atoms with Crippen LogP contribution in [0.5, 0.6) is 23.0 Å². The van der Waals surface area contributed by atoms with Crippen LogP contribution in [0.15, 0.2) is 101 Å². The van der Waals surface area contributed by atoms with Crippen LogP contribution in [0.1, 0.15) is 107 Å². The number of nitrogens with zero attached hydrogens (tertiary/aromatic N) is 2. The Kier molecular flexibility index (Phi) is 16.5. The highest BCUT2D eigenvalue weighted by atomic mass is 32.2. The average molecular weight is 909 g/mol. The lowest BCUT2D eigenvalue weighted by Crippen LogP contribution is -2.70. The normalized spacial score (nSPS) is 24.8. The van der Waals surface area contributed by atoms with Gasteiger partial charge in [0, 0.05) is 54.7 Å². The highest BCUT2D eigenvalue weighted by molar-refractivity contribution is 7.99. The summed E-state index contributed by atoms with van der Waals surface area (Å²) in [6.07, 6.45) is 15.3. The van der Waals surface area contributed by atoms with E-state index in [9.17, 15) is 10.2 Å². The van der Waals surface area contributed by atoms with E-state index in [2.05, 4.69) is 43.0 Å². The first kappa shape index (κ1) is 47.0. The predicted octanol–water partition coefficient (Wildman–Crippen LogP) is 10.2. The predicted molar refractivity (Wildman–Crippen MR) is 254 cm³/mol. The molecule has 3 aromatic rings. The maximum absolute atomic E-state index is 15.2. The summed E-state index contributed by atoms with van der Waals surface area (Å²) in [5.74, 6) is 2.56. The SMILES string of the molecule is C=CCOC12Oc3ccc(OCCSc4ccccc4)cc3C3C(CCCCO)C(CCCCO)C=C(C(=NOCC)CC1N(Cc1ccc4c(c1)OCO4)C(=O)CCC1CCCC1)C32. The number of aliphatic hydroxyl groups excluding tert-OH is 2. The second-order valence-electron chi connectivity index (χ2n) is 18.1. The second kappa shape index (κ2) is 22.8. The number of ether oxygens (including phenoxy) is 5. The minimum Gasteiger partial charge on any atom is -0.493 e. The van der Waals surface area contributed by atoms with E-state index in [0.29, 0.717) is 68.6 Å². The van der Waals surface area contributed by atoms with Crippen molar-refractivity contribution >= 4 is 23.4 Å². The fourth-order valence-corrected chi connectivity index (χ4v) is 11.8. The van der Waals surface area contributed by atoms with Crippen molar-refractivity contribution in [2.45, 2.75) is 120 Å². The molecule has 1 amide bonds. The molecule has 0 bridgehead atoms. The summed E-state index contributed by atoms with van der Waals surface area (Å²) in [5, 5.41) is 24.9. The van der Waals surface area contributed by atoms with Crippen molar-refractivity contribution in [1.29, 1.82) is 0 Å². The summed E-state index contributed by atoms with van der Waals surface area (Å²) in [6.45, 7) is 7.88. The van der Waals surface area contributed by atoms with Gasteiger partial charge in [0.05, 0.1) is 24.8 Å². The molecule has 2 fully saturated rings. The molecule has 0 aromatic heterocycles. The molecule has 12 heteroatoms. The van der Waals surface area contributed by atoms with Crippen LogP contribution < -0.4 is 18.9 Å². The van der Waals surface area contributed by atoms with Gasteiger partial charge in [0.15, 0.2) is 11.5 Å². The topological polar surface area (TPSA) is 129 Å². The van der Waals surface area contributed by atoms with Gasteiger partial charge in [-0.25, -0.2) is 0 Å². The van der Waals surface area contributed by atoms with Crippen LogP contribution in [0.4, 0.5) is 0 Å². The molecule has 6 atom stereocenters. The van der Waals surface area contributed by atoms with Crippen molar-refractivity contribution < 1.29 is 43.5 Å². The summed E-state index contributed by atoms with van der Waals surface area (Å²) >= 11 is 1.76. The van der Waals surface area contributed by atoms with Crippen molar-refractivity contribution in [1.82, 2.24) is 4.90 Å². The largest absolute Gasteiger partial charge is 0.493 e. The molecule has 6 unspecified atom stereocenters. The molecule has 3 aliphatic carbocycles. The Labute approximate surface area is 389 Å². The quantitative estimate of drug-likeness (QED) is 0.0388. The van der Waals surface area contributed by atoms with E-state index < -0.39 is 17.7 Å².